The molecule has 0 aliphatic carbocycles. The standard InChI is InChI=1S/C19H25FN2O3/c20-16-3-1-2-14(12-16)6-9-22-13-15(4-5-18(22)23)19(24)21-17-7-10-25-11-8-17/h1-3,12,15,17H,4-11,13H2,(H,21,24)/t15-/m0/s1. The molecule has 6 heteroatoms. The van der Waals surface area contributed by atoms with Gasteiger partial charge in [0, 0.05) is 38.8 Å². The minimum absolute atomic E-state index is 0.0372. The molecule has 2 heterocycles. The van der Waals surface area contributed by atoms with Crippen LogP contribution in [0.25, 0.3) is 0 Å². The second-order valence-corrected chi connectivity index (χ2v) is 6.85. The zero-order valence-corrected chi connectivity index (χ0v) is 14.4. The fraction of sp³-hybridized carbons (Fsp3) is 0.579. The number of carbonyl (C=O) groups excluding carboxylic acids is 2. The molecule has 2 fully saturated rings. The molecule has 2 saturated heterocycles. The monoisotopic (exact) mass is 348 g/mol. The first-order valence-corrected chi connectivity index (χ1v) is 9.02. The predicted molar refractivity (Wildman–Crippen MR) is 91.4 cm³/mol. The van der Waals surface area contributed by atoms with Gasteiger partial charge in [0.15, 0.2) is 0 Å². The highest BCUT2D eigenvalue weighted by Gasteiger charge is 2.31. The van der Waals surface area contributed by atoms with E-state index in [0.717, 1.165) is 18.4 Å². The quantitative estimate of drug-likeness (QED) is 0.884. The third kappa shape index (κ3) is 5.01. The molecule has 0 unspecified atom stereocenters. The van der Waals surface area contributed by atoms with Crippen molar-refractivity contribution < 1.29 is 18.7 Å². The minimum Gasteiger partial charge on any atom is -0.381 e. The van der Waals surface area contributed by atoms with E-state index in [4.69, 9.17) is 4.74 Å². The van der Waals surface area contributed by atoms with E-state index in [0.29, 0.717) is 45.6 Å². The molecule has 1 atom stereocenters. The molecule has 5 nitrogen and oxygen atoms in total. The lowest BCUT2D eigenvalue weighted by Gasteiger charge is -2.33. The zero-order chi connectivity index (χ0) is 17.6. The van der Waals surface area contributed by atoms with Crippen molar-refractivity contribution in [2.45, 2.75) is 38.1 Å². The number of ether oxygens (including phenoxy) is 1. The fourth-order valence-electron chi connectivity index (χ4n) is 3.46. The van der Waals surface area contributed by atoms with E-state index >= 15 is 0 Å². The second kappa shape index (κ2) is 8.43. The van der Waals surface area contributed by atoms with Crippen molar-refractivity contribution in [3.8, 4) is 0 Å². The molecule has 0 aromatic heterocycles. The molecule has 2 aliphatic rings. The summed E-state index contributed by atoms with van der Waals surface area (Å²) in [5, 5.41) is 3.10. The summed E-state index contributed by atoms with van der Waals surface area (Å²) >= 11 is 0. The number of piperidine rings is 1. The first kappa shape index (κ1) is 17.9. The molecular formula is C19H25FN2O3. The maximum absolute atomic E-state index is 13.3. The van der Waals surface area contributed by atoms with Gasteiger partial charge < -0.3 is 15.0 Å². The summed E-state index contributed by atoms with van der Waals surface area (Å²) in [6, 6.07) is 6.61. The molecule has 0 bridgehead atoms. The summed E-state index contributed by atoms with van der Waals surface area (Å²) in [7, 11) is 0. The summed E-state index contributed by atoms with van der Waals surface area (Å²) in [6.07, 6.45) is 3.29. The van der Waals surface area contributed by atoms with Crippen molar-refractivity contribution in [1.29, 1.82) is 0 Å². The molecule has 1 aromatic carbocycles. The van der Waals surface area contributed by atoms with Crippen LogP contribution in [0.3, 0.4) is 0 Å². The Bertz CT molecular complexity index is 616. The molecule has 2 aliphatic heterocycles. The van der Waals surface area contributed by atoms with Gasteiger partial charge in [0.2, 0.25) is 11.8 Å². The Kier molecular flexibility index (Phi) is 6.02. The van der Waals surface area contributed by atoms with Gasteiger partial charge in [-0.25, -0.2) is 4.39 Å². The molecule has 25 heavy (non-hydrogen) atoms. The van der Waals surface area contributed by atoms with Crippen LogP contribution in [0.15, 0.2) is 24.3 Å². The molecule has 1 N–H and O–H groups in total. The van der Waals surface area contributed by atoms with E-state index in [1.54, 1.807) is 11.0 Å². The third-order valence-electron chi connectivity index (χ3n) is 5.00. The average molecular weight is 348 g/mol. The van der Waals surface area contributed by atoms with E-state index in [9.17, 15) is 14.0 Å². The van der Waals surface area contributed by atoms with E-state index < -0.39 is 0 Å². The van der Waals surface area contributed by atoms with Crippen LogP contribution in [0.5, 0.6) is 0 Å². The maximum Gasteiger partial charge on any atom is 0.225 e. The van der Waals surface area contributed by atoms with Crippen LogP contribution >= 0.6 is 0 Å². The fourth-order valence-corrected chi connectivity index (χ4v) is 3.46. The number of amides is 2. The predicted octanol–water partition coefficient (Wildman–Crippen LogP) is 1.90. The van der Waals surface area contributed by atoms with Crippen LogP contribution in [0.4, 0.5) is 4.39 Å². The number of halogens is 1. The number of hydrogen-bond acceptors (Lipinski definition) is 3. The third-order valence-corrected chi connectivity index (χ3v) is 5.00. The van der Waals surface area contributed by atoms with E-state index in [1.807, 2.05) is 6.07 Å². The van der Waals surface area contributed by atoms with Crippen LogP contribution in [0.1, 0.15) is 31.2 Å². The van der Waals surface area contributed by atoms with Crippen LogP contribution in [0, 0.1) is 11.7 Å². The summed E-state index contributed by atoms with van der Waals surface area (Å²) in [5.74, 6) is -0.314. The van der Waals surface area contributed by atoms with E-state index in [-0.39, 0.29) is 29.6 Å². The molecule has 0 saturated carbocycles. The van der Waals surface area contributed by atoms with Gasteiger partial charge in [-0.05, 0) is 43.4 Å². The highest BCUT2D eigenvalue weighted by molar-refractivity contribution is 5.84. The van der Waals surface area contributed by atoms with Gasteiger partial charge in [-0.1, -0.05) is 12.1 Å². The van der Waals surface area contributed by atoms with Crippen molar-refractivity contribution in [2.24, 2.45) is 5.92 Å². The minimum atomic E-state index is -0.267. The molecular weight excluding hydrogens is 323 g/mol. The number of benzene rings is 1. The lowest BCUT2D eigenvalue weighted by Crippen LogP contribution is -2.49. The second-order valence-electron chi connectivity index (χ2n) is 6.85. The Hall–Kier alpha value is -1.95. The van der Waals surface area contributed by atoms with Gasteiger partial charge >= 0.3 is 0 Å². The van der Waals surface area contributed by atoms with Gasteiger partial charge in [-0.15, -0.1) is 0 Å². The van der Waals surface area contributed by atoms with Crippen LogP contribution in [0.2, 0.25) is 0 Å². The van der Waals surface area contributed by atoms with E-state index in [1.165, 1.54) is 12.1 Å². The smallest absolute Gasteiger partial charge is 0.225 e. The molecule has 136 valence electrons. The number of hydrogen-bond donors (Lipinski definition) is 1. The Morgan fingerprint density at radius 2 is 2.08 bits per heavy atom. The number of rotatable bonds is 5. The number of carbonyl (C=O) groups is 2. The average Bonchev–Trinajstić information content (AvgIpc) is 2.62. The molecule has 0 spiro atoms. The van der Waals surface area contributed by atoms with Crippen molar-refractivity contribution in [1.82, 2.24) is 10.2 Å². The topological polar surface area (TPSA) is 58.6 Å². The number of nitrogens with one attached hydrogen (secondary N) is 1. The zero-order valence-electron chi connectivity index (χ0n) is 14.4. The highest BCUT2D eigenvalue weighted by Crippen LogP contribution is 2.19. The van der Waals surface area contributed by atoms with Crippen molar-refractivity contribution >= 4 is 11.8 Å². The molecule has 0 radical (unpaired) electrons. The van der Waals surface area contributed by atoms with Crippen LogP contribution in [-0.4, -0.2) is 49.1 Å². The molecule has 3 rings (SSSR count). The largest absolute Gasteiger partial charge is 0.381 e. The van der Waals surface area contributed by atoms with Crippen molar-refractivity contribution in [2.75, 3.05) is 26.3 Å². The first-order valence-electron chi connectivity index (χ1n) is 9.02. The normalized spacial score (nSPS) is 22.0. The lowest BCUT2D eigenvalue weighted by molar-refractivity contribution is -0.138. The van der Waals surface area contributed by atoms with Crippen molar-refractivity contribution in [3.63, 3.8) is 0 Å². The Morgan fingerprint density at radius 3 is 2.84 bits per heavy atom. The van der Waals surface area contributed by atoms with Crippen molar-refractivity contribution in [3.05, 3.63) is 35.6 Å². The van der Waals surface area contributed by atoms with Gasteiger partial charge in [-0.2, -0.15) is 0 Å². The SMILES string of the molecule is O=C(NC1CCOCC1)[C@H]1CCC(=O)N(CCc2cccc(F)c2)C1. The van der Waals surface area contributed by atoms with Gasteiger partial charge in [-0.3, -0.25) is 9.59 Å². The Balaban J connectivity index is 1.51. The lowest BCUT2D eigenvalue weighted by atomic mass is 9.95. The summed E-state index contributed by atoms with van der Waals surface area (Å²) in [5.41, 5.74) is 0.863. The summed E-state index contributed by atoms with van der Waals surface area (Å²) in [6.45, 7) is 2.34. The highest BCUT2D eigenvalue weighted by atomic mass is 19.1. The van der Waals surface area contributed by atoms with Crippen LogP contribution < -0.4 is 5.32 Å². The first-order chi connectivity index (χ1) is 12.1. The Morgan fingerprint density at radius 1 is 1.28 bits per heavy atom. The maximum atomic E-state index is 13.3. The van der Waals surface area contributed by atoms with Gasteiger partial charge in [0.05, 0.1) is 5.92 Å². The molecule has 2 amide bonds. The summed E-state index contributed by atoms with van der Waals surface area (Å²) in [4.78, 5) is 26.4. The number of nitrogens with zero attached hydrogens (tertiary/aromatic N) is 1. The van der Waals surface area contributed by atoms with Gasteiger partial charge in [0.1, 0.15) is 5.82 Å². The molecule has 1 aromatic rings. The number of likely N-dealkylation sites (tertiary alicyclic amines) is 1. The van der Waals surface area contributed by atoms with Crippen LogP contribution in [-0.2, 0) is 20.7 Å². The van der Waals surface area contributed by atoms with E-state index in [2.05, 4.69) is 5.32 Å². The summed E-state index contributed by atoms with van der Waals surface area (Å²) < 4.78 is 18.6. The van der Waals surface area contributed by atoms with Gasteiger partial charge in [0.25, 0.3) is 0 Å². The Labute approximate surface area is 147 Å².